The van der Waals surface area contributed by atoms with Crippen molar-refractivity contribution in [1.29, 1.82) is 0 Å². The van der Waals surface area contributed by atoms with Crippen LogP contribution in [-0.2, 0) is 0 Å². The summed E-state index contributed by atoms with van der Waals surface area (Å²) in [7, 11) is 0. The van der Waals surface area contributed by atoms with Gasteiger partial charge in [0.15, 0.2) is 0 Å². The summed E-state index contributed by atoms with van der Waals surface area (Å²) in [4.78, 5) is 4.05. The Labute approximate surface area is 93.1 Å². The number of nitrogens with two attached hydrogens (primary N) is 1. The Kier molecular flexibility index (Phi) is 2.78. The van der Waals surface area contributed by atoms with Crippen LogP contribution in [0, 0.1) is 0 Å². The Morgan fingerprint density at radius 2 is 2.50 bits per heavy atom. The highest BCUT2D eigenvalue weighted by atomic mass is 19.1. The van der Waals surface area contributed by atoms with E-state index in [1.807, 2.05) is 12.2 Å². The molecule has 2 aliphatic rings. The minimum atomic E-state index is -1.80. The van der Waals surface area contributed by atoms with Crippen LogP contribution in [0.4, 0.5) is 4.39 Å². The number of hydrogen-bond acceptors (Lipinski definition) is 4. The Morgan fingerprint density at radius 3 is 3.00 bits per heavy atom. The molecule has 1 aliphatic carbocycles. The molecular formula is C11H14FN3O. The Morgan fingerprint density at radius 1 is 1.69 bits per heavy atom. The maximum Gasteiger partial charge on any atom is 0.224 e. The minimum absolute atomic E-state index is 0.0455. The second-order valence-electron chi connectivity index (χ2n) is 3.81. The van der Waals surface area contributed by atoms with Gasteiger partial charge in [-0.3, -0.25) is 4.99 Å². The number of alkyl halides is 1. The second kappa shape index (κ2) is 4.09. The van der Waals surface area contributed by atoms with Gasteiger partial charge in [-0.05, 0) is 24.3 Å². The van der Waals surface area contributed by atoms with Crippen LogP contribution in [0.5, 0.6) is 0 Å². The molecule has 5 heteroatoms. The predicted octanol–water partition coefficient (Wildman–Crippen LogP) is 0.375. The molecule has 0 bridgehead atoms. The molecule has 0 fully saturated rings. The van der Waals surface area contributed by atoms with Crippen molar-refractivity contribution in [2.45, 2.75) is 12.2 Å². The maximum atomic E-state index is 13.6. The number of hydrogen-bond donors (Lipinski definition) is 3. The van der Waals surface area contributed by atoms with Crippen LogP contribution in [0.25, 0.3) is 0 Å². The van der Waals surface area contributed by atoms with Crippen molar-refractivity contribution in [3.05, 3.63) is 35.6 Å². The van der Waals surface area contributed by atoms with Crippen LogP contribution in [0.2, 0.25) is 0 Å². The molecule has 0 saturated heterocycles. The normalized spacial score (nSPS) is 31.2. The van der Waals surface area contributed by atoms with Gasteiger partial charge >= 0.3 is 0 Å². The van der Waals surface area contributed by atoms with E-state index < -0.39 is 12.4 Å². The van der Waals surface area contributed by atoms with Crippen LogP contribution >= 0.6 is 0 Å². The predicted molar refractivity (Wildman–Crippen MR) is 60.5 cm³/mol. The second-order valence-corrected chi connectivity index (χ2v) is 3.81. The number of halogens is 1. The third kappa shape index (κ3) is 1.86. The smallest absolute Gasteiger partial charge is 0.224 e. The van der Waals surface area contributed by atoms with Crippen molar-refractivity contribution in [3.63, 3.8) is 0 Å². The van der Waals surface area contributed by atoms with Gasteiger partial charge in [-0.15, -0.1) is 0 Å². The van der Waals surface area contributed by atoms with Crippen molar-refractivity contribution in [2.24, 2.45) is 10.7 Å². The molecule has 86 valence electrons. The fourth-order valence-electron chi connectivity index (χ4n) is 1.64. The van der Waals surface area contributed by atoms with Crippen molar-refractivity contribution in [3.8, 4) is 0 Å². The highest BCUT2D eigenvalue weighted by Crippen LogP contribution is 2.29. The molecule has 0 unspecified atom stereocenters. The summed E-state index contributed by atoms with van der Waals surface area (Å²) in [5.41, 5.74) is 7.20. The van der Waals surface area contributed by atoms with Crippen molar-refractivity contribution in [1.82, 2.24) is 5.32 Å². The number of rotatable bonds is 3. The topological polar surface area (TPSA) is 70.6 Å². The summed E-state index contributed by atoms with van der Waals surface area (Å²) in [6.45, 7) is -0.620. The Bertz CT molecular complexity index is 411. The van der Waals surface area contributed by atoms with Crippen LogP contribution in [0.1, 0.15) is 6.42 Å². The quantitative estimate of drug-likeness (QED) is 0.605. The first-order valence-electron chi connectivity index (χ1n) is 5.09. The van der Waals surface area contributed by atoms with Gasteiger partial charge < -0.3 is 16.2 Å². The summed E-state index contributed by atoms with van der Waals surface area (Å²) in [6, 6.07) is 0. The lowest BCUT2D eigenvalue weighted by atomic mass is 9.90. The number of aliphatic hydroxyl groups is 1. The molecule has 0 aromatic rings. The first-order chi connectivity index (χ1) is 7.68. The zero-order valence-electron chi connectivity index (χ0n) is 8.78. The van der Waals surface area contributed by atoms with E-state index in [4.69, 9.17) is 10.8 Å². The standard InChI is InChI=1S/C11H14FN3O/c12-11(7-16)6-14-10(15-11)9-4-3-8(9)2-1-5-13/h1-2,4-5,16H,3,6-7,13H2,(H,14,15)/b5-1-,8-2+/t11-/m0/s1. The molecule has 0 radical (unpaired) electrons. The van der Waals surface area contributed by atoms with E-state index in [0.717, 1.165) is 17.6 Å². The molecule has 2 rings (SSSR count). The number of nitrogens with zero attached hydrogens (tertiary/aromatic N) is 1. The van der Waals surface area contributed by atoms with E-state index in [1.165, 1.54) is 6.20 Å². The molecule has 0 amide bonds. The van der Waals surface area contributed by atoms with Crippen LogP contribution < -0.4 is 11.1 Å². The zero-order chi connectivity index (χ0) is 11.6. The average molecular weight is 223 g/mol. The average Bonchev–Trinajstić information content (AvgIpc) is 2.61. The monoisotopic (exact) mass is 223 g/mol. The molecule has 0 aromatic carbocycles. The van der Waals surface area contributed by atoms with E-state index >= 15 is 0 Å². The summed E-state index contributed by atoms with van der Waals surface area (Å²) >= 11 is 0. The van der Waals surface area contributed by atoms with E-state index in [-0.39, 0.29) is 6.54 Å². The molecule has 1 heterocycles. The van der Waals surface area contributed by atoms with Gasteiger partial charge in [-0.2, -0.15) is 0 Å². The summed E-state index contributed by atoms with van der Waals surface area (Å²) in [5.74, 6) is -1.29. The SMILES string of the molecule is N/C=C\C=C1/CC=C1C1=NC[C@@](F)(CO)N1. The Balaban J connectivity index is 2.07. The van der Waals surface area contributed by atoms with Gasteiger partial charge in [0.25, 0.3) is 0 Å². The highest BCUT2D eigenvalue weighted by molar-refractivity contribution is 6.05. The third-order valence-corrected chi connectivity index (χ3v) is 2.62. The summed E-state index contributed by atoms with van der Waals surface area (Å²) in [6.07, 6.45) is 7.84. The van der Waals surface area contributed by atoms with Crippen molar-refractivity contribution in [2.75, 3.05) is 13.2 Å². The molecule has 4 N–H and O–H groups in total. The molecule has 0 saturated carbocycles. The fourth-order valence-corrected chi connectivity index (χ4v) is 1.64. The van der Waals surface area contributed by atoms with Crippen LogP contribution in [-0.4, -0.2) is 29.9 Å². The number of amidine groups is 1. The molecule has 0 spiro atoms. The van der Waals surface area contributed by atoms with Crippen molar-refractivity contribution >= 4 is 5.84 Å². The number of nitrogens with one attached hydrogen (secondary N) is 1. The number of allylic oxidation sites excluding steroid dienone is 3. The van der Waals surface area contributed by atoms with Crippen LogP contribution in [0.15, 0.2) is 40.6 Å². The van der Waals surface area contributed by atoms with E-state index in [9.17, 15) is 4.39 Å². The highest BCUT2D eigenvalue weighted by Gasteiger charge is 2.37. The minimum Gasteiger partial charge on any atom is -0.405 e. The van der Waals surface area contributed by atoms with Gasteiger partial charge in [0, 0.05) is 5.57 Å². The third-order valence-electron chi connectivity index (χ3n) is 2.62. The van der Waals surface area contributed by atoms with E-state index in [2.05, 4.69) is 10.3 Å². The maximum absolute atomic E-state index is 13.6. The van der Waals surface area contributed by atoms with Gasteiger partial charge in [0.05, 0.1) is 13.2 Å². The molecule has 16 heavy (non-hydrogen) atoms. The summed E-state index contributed by atoms with van der Waals surface area (Å²) < 4.78 is 13.6. The molecular weight excluding hydrogens is 209 g/mol. The lowest BCUT2D eigenvalue weighted by molar-refractivity contribution is 0.0738. The zero-order valence-corrected chi connectivity index (χ0v) is 8.78. The lowest BCUT2D eigenvalue weighted by Gasteiger charge is -2.22. The fraction of sp³-hybridized carbons (Fsp3) is 0.364. The lowest BCUT2D eigenvalue weighted by Crippen LogP contribution is -2.45. The van der Waals surface area contributed by atoms with Crippen molar-refractivity contribution < 1.29 is 9.50 Å². The molecule has 0 aromatic heterocycles. The summed E-state index contributed by atoms with van der Waals surface area (Å²) in [5, 5.41) is 11.4. The van der Waals surface area contributed by atoms with Gasteiger partial charge in [-0.1, -0.05) is 12.2 Å². The first-order valence-corrected chi connectivity index (χ1v) is 5.09. The van der Waals surface area contributed by atoms with Crippen LogP contribution in [0.3, 0.4) is 0 Å². The number of aliphatic imine (C=N–C) groups is 1. The van der Waals surface area contributed by atoms with Gasteiger partial charge in [-0.25, -0.2) is 4.39 Å². The van der Waals surface area contributed by atoms with Gasteiger partial charge in [0.1, 0.15) is 5.84 Å². The van der Waals surface area contributed by atoms with E-state index in [1.54, 1.807) is 6.08 Å². The molecule has 1 aliphatic heterocycles. The number of aliphatic hydroxyl groups excluding tert-OH is 1. The molecule has 1 atom stereocenters. The van der Waals surface area contributed by atoms with Gasteiger partial charge in [0.2, 0.25) is 5.79 Å². The Hall–Kier alpha value is -1.62. The molecule has 4 nitrogen and oxygen atoms in total. The first kappa shape index (κ1) is 10.9. The van der Waals surface area contributed by atoms with E-state index in [0.29, 0.717) is 5.84 Å². The largest absolute Gasteiger partial charge is 0.405 e.